The highest BCUT2D eigenvalue weighted by Gasteiger charge is 1.90. The van der Waals surface area contributed by atoms with Crippen molar-refractivity contribution in [1.29, 1.82) is 0 Å². The van der Waals surface area contributed by atoms with Crippen molar-refractivity contribution in [3.8, 4) is 0 Å². The normalized spacial score (nSPS) is 8.90. The van der Waals surface area contributed by atoms with Crippen molar-refractivity contribution in [3.63, 3.8) is 0 Å². The molecule has 1 aromatic rings. The van der Waals surface area contributed by atoms with Gasteiger partial charge >= 0.3 is 0 Å². The molecule has 0 heterocycles. The van der Waals surface area contributed by atoms with Crippen molar-refractivity contribution >= 4 is 11.6 Å². The Bertz CT molecular complexity index is 218. The van der Waals surface area contributed by atoms with Crippen molar-refractivity contribution in [2.75, 3.05) is 5.32 Å². The average molecular weight is 134 g/mol. The first kappa shape index (κ1) is 6.81. The Kier molecular flexibility index (Phi) is 2.05. The Balaban J connectivity index is 2.67. The Hall–Kier alpha value is -1.31. The zero-order valence-corrected chi connectivity index (χ0v) is 5.72. The van der Waals surface area contributed by atoms with Gasteiger partial charge in [-0.3, -0.25) is 4.79 Å². The van der Waals surface area contributed by atoms with E-state index in [-0.39, 0.29) is 5.91 Å². The highest BCUT2D eigenvalue weighted by atomic mass is 16.1. The molecule has 0 saturated carbocycles. The van der Waals surface area contributed by atoms with Gasteiger partial charge in [0.1, 0.15) is 0 Å². The summed E-state index contributed by atoms with van der Waals surface area (Å²) in [5, 5.41) is 2.63. The number of amides is 1. The molecule has 2 heteroatoms. The lowest BCUT2D eigenvalue weighted by Gasteiger charge is -1.97. The molecule has 1 amide bonds. The summed E-state index contributed by atoms with van der Waals surface area (Å²) in [4.78, 5) is 10.5. The first-order valence-electron chi connectivity index (χ1n) is 3.03. The van der Waals surface area contributed by atoms with E-state index in [4.69, 9.17) is 0 Å². The lowest BCUT2D eigenvalue weighted by atomic mass is 10.3. The van der Waals surface area contributed by atoms with Gasteiger partial charge < -0.3 is 5.32 Å². The smallest absolute Gasteiger partial charge is 0.221 e. The van der Waals surface area contributed by atoms with Crippen LogP contribution in [0.15, 0.2) is 24.3 Å². The van der Waals surface area contributed by atoms with Crippen LogP contribution < -0.4 is 5.32 Å². The largest absolute Gasteiger partial charge is 0.326 e. The molecular weight excluding hydrogens is 126 g/mol. The van der Waals surface area contributed by atoms with Gasteiger partial charge in [-0.15, -0.1) is 0 Å². The van der Waals surface area contributed by atoms with Gasteiger partial charge in [-0.05, 0) is 18.2 Å². The van der Waals surface area contributed by atoms with Crippen molar-refractivity contribution in [3.05, 3.63) is 30.3 Å². The molecule has 1 rings (SSSR count). The fourth-order valence-electron chi connectivity index (χ4n) is 0.674. The molecule has 0 saturated heterocycles. The predicted molar refractivity (Wildman–Crippen MR) is 39.6 cm³/mol. The van der Waals surface area contributed by atoms with Crippen LogP contribution in [-0.4, -0.2) is 5.91 Å². The average Bonchev–Trinajstić information content (AvgIpc) is 1.88. The minimum absolute atomic E-state index is 0.0559. The minimum atomic E-state index is -0.0559. The van der Waals surface area contributed by atoms with Crippen LogP contribution in [-0.2, 0) is 4.79 Å². The van der Waals surface area contributed by atoms with Gasteiger partial charge in [0.25, 0.3) is 0 Å². The van der Waals surface area contributed by atoms with E-state index in [1.54, 1.807) is 12.1 Å². The Morgan fingerprint density at radius 1 is 1.70 bits per heavy atom. The third kappa shape index (κ3) is 1.90. The van der Waals surface area contributed by atoms with Crippen LogP contribution in [0.3, 0.4) is 0 Å². The van der Waals surface area contributed by atoms with E-state index < -0.39 is 0 Å². The summed E-state index contributed by atoms with van der Waals surface area (Å²) < 4.78 is 0. The summed E-state index contributed by atoms with van der Waals surface area (Å²) in [7, 11) is 0. The molecule has 0 aliphatic heterocycles. The first-order chi connectivity index (χ1) is 4.79. The van der Waals surface area contributed by atoms with Gasteiger partial charge in [-0.25, -0.2) is 0 Å². The fraction of sp³-hybridized carbons (Fsp3) is 0.125. The second kappa shape index (κ2) is 3.01. The van der Waals surface area contributed by atoms with E-state index in [9.17, 15) is 4.79 Å². The van der Waals surface area contributed by atoms with Crippen molar-refractivity contribution in [1.82, 2.24) is 0 Å². The highest BCUT2D eigenvalue weighted by Crippen LogP contribution is 2.02. The summed E-state index contributed by atoms with van der Waals surface area (Å²) in [5.41, 5.74) is 0.787. The Morgan fingerprint density at radius 2 is 2.50 bits per heavy atom. The van der Waals surface area contributed by atoms with E-state index in [1.807, 2.05) is 12.1 Å². The topological polar surface area (TPSA) is 29.1 Å². The highest BCUT2D eigenvalue weighted by molar-refractivity contribution is 5.88. The molecular formula is C8H8NO. The molecule has 0 fully saturated rings. The molecule has 1 N–H and O–H groups in total. The van der Waals surface area contributed by atoms with Crippen LogP contribution in [0.4, 0.5) is 5.69 Å². The summed E-state index contributed by atoms with van der Waals surface area (Å²) in [6.45, 7) is 1.48. The van der Waals surface area contributed by atoms with Crippen molar-refractivity contribution in [2.45, 2.75) is 6.92 Å². The van der Waals surface area contributed by atoms with E-state index >= 15 is 0 Å². The molecule has 1 radical (unpaired) electrons. The Morgan fingerprint density at radius 3 is 3.00 bits per heavy atom. The molecule has 0 unspecified atom stereocenters. The zero-order valence-electron chi connectivity index (χ0n) is 5.72. The molecule has 0 aromatic heterocycles. The van der Waals surface area contributed by atoms with E-state index in [2.05, 4.69) is 11.4 Å². The maximum absolute atomic E-state index is 10.5. The lowest BCUT2D eigenvalue weighted by Crippen LogP contribution is -2.04. The van der Waals surface area contributed by atoms with Crippen LogP contribution in [0.1, 0.15) is 6.92 Å². The van der Waals surface area contributed by atoms with Crippen LogP contribution >= 0.6 is 0 Å². The molecule has 1 aromatic carbocycles. The lowest BCUT2D eigenvalue weighted by molar-refractivity contribution is -0.114. The maximum Gasteiger partial charge on any atom is 0.221 e. The maximum atomic E-state index is 10.5. The van der Waals surface area contributed by atoms with E-state index in [1.165, 1.54) is 6.92 Å². The number of nitrogens with one attached hydrogen (secondary N) is 1. The summed E-state index contributed by atoms with van der Waals surface area (Å²) in [6.07, 6.45) is 0. The summed E-state index contributed by atoms with van der Waals surface area (Å²) >= 11 is 0. The van der Waals surface area contributed by atoms with Gasteiger partial charge in [0.2, 0.25) is 5.91 Å². The molecule has 0 atom stereocenters. The second-order valence-corrected chi connectivity index (χ2v) is 1.97. The van der Waals surface area contributed by atoms with Crippen LogP contribution in [0, 0.1) is 6.07 Å². The summed E-state index contributed by atoms with van der Waals surface area (Å²) in [5.74, 6) is -0.0559. The number of anilines is 1. The predicted octanol–water partition coefficient (Wildman–Crippen LogP) is 1.45. The second-order valence-electron chi connectivity index (χ2n) is 1.97. The van der Waals surface area contributed by atoms with Crippen LogP contribution in [0.5, 0.6) is 0 Å². The minimum Gasteiger partial charge on any atom is -0.326 e. The van der Waals surface area contributed by atoms with Gasteiger partial charge in [0.15, 0.2) is 0 Å². The molecule has 0 bridgehead atoms. The van der Waals surface area contributed by atoms with Crippen molar-refractivity contribution in [2.24, 2.45) is 0 Å². The third-order valence-electron chi connectivity index (χ3n) is 1.03. The van der Waals surface area contributed by atoms with Crippen LogP contribution in [0.2, 0.25) is 0 Å². The SMILES string of the molecule is CC(=O)Nc1c[c]ccc1. The Labute approximate surface area is 59.9 Å². The fourth-order valence-corrected chi connectivity index (χ4v) is 0.674. The van der Waals surface area contributed by atoms with Gasteiger partial charge in [0.05, 0.1) is 0 Å². The number of carbonyl (C=O) groups is 1. The number of carbonyl (C=O) groups excluding carboxylic acids is 1. The third-order valence-corrected chi connectivity index (χ3v) is 1.03. The molecule has 10 heavy (non-hydrogen) atoms. The first-order valence-corrected chi connectivity index (χ1v) is 3.03. The quantitative estimate of drug-likeness (QED) is 0.618. The monoisotopic (exact) mass is 134 g/mol. The van der Waals surface area contributed by atoms with Gasteiger partial charge in [0, 0.05) is 12.6 Å². The molecule has 0 spiro atoms. The number of benzene rings is 1. The number of hydrogen-bond donors (Lipinski definition) is 1. The number of hydrogen-bond acceptors (Lipinski definition) is 1. The van der Waals surface area contributed by atoms with Crippen molar-refractivity contribution < 1.29 is 4.79 Å². The molecule has 0 aliphatic rings. The van der Waals surface area contributed by atoms with Gasteiger partial charge in [-0.2, -0.15) is 0 Å². The molecule has 2 nitrogen and oxygen atoms in total. The standard InChI is InChI=1S/C8H8NO/c1-7(10)9-8-5-3-2-4-6-8/h2-3,5-6H,1H3,(H,9,10). The number of rotatable bonds is 1. The van der Waals surface area contributed by atoms with Crippen LogP contribution in [0.25, 0.3) is 0 Å². The van der Waals surface area contributed by atoms with E-state index in [0.29, 0.717) is 0 Å². The van der Waals surface area contributed by atoms with E-state index in [0.717, 1.165) is 5.69 Å². The molecule has 51 valence electrons. The molecule has 0 aliphatic carbocycles. The summed E-state index contributed by atoms with van der Waals surface area (Å²) in [6, 6.07) is 10.0. The van der Waals surface area contributed by atoms with Gasteiger partial charge in [-0.1, -0.05) is 12.1 Å². The zero-order chi connectivity index (χ0) is 7.40.